The highest BCUT2D eigenvalue weighted by Gasteiger charge is 2.58. The number of nitrogens with zero attached hydrogens (tertiary/aromatic N) is 2. The number of carboxylic acids is 1. The standard InChI is InChI=1S/C20H24N2O5S2/c1-3-13(23)15-17(25)22-16(19(26)27)20(29-18(15)22)28-10-9-14(24)21(2)11-12-7-5-4-6-8-12/h4-8,13,15,18,23H,3,9-11H2,1-2H3,(H,26,27)/t13-,15+,18+/m0/s1. The van der Waals surface area contributed by atoms with Crippen molar-refractivity contribution in [2.45, 2.75) is 37.8 Å². The third kappa shape index (κ3) is 4.46. The second kappa shape index (κ2) is 9.23. The van der Waals surface area contributed by atoms with Crippen LogP contribution in [0.4, 0.5) is 0 Å². The summed E-state index contributed by atoms with van der Waals surface area (Å²) in [6.45, 7) is 2.31. The molecule has 3 rings (SSSR count). The molecule has 2 heterocycles. The van der Waals surface area contributed by atoms with Gasteiger partial charge in [0.2, 0.25) is 11.8 Å². The number of fused-ring (bicyclic) bond motifs is 1. The van der Waals surface area contributed by atoms with Crippen LogP contribution in [0.25, 0.3) is 0 Å². The zero-order valence-corrected chi connectivity index (χ0v) is 17.9. The van der Waals surface area contributed by atoms with Crippen LogP contribution in [0.3, 0.4) is 0 Å². The van der Waals surface area contributed by atoms with E-state index < -0.39 is 18.0 Å². The summed E-state index contributed by atoms with van der Waals surface area (Å²) in [7, 11) is 1.74. The van der Waals surface area contributed by atoms with Gasteiger partial charge in [0.25, 0.3) is 0 Å². The second-order valence-corrected chi connectivity index (χ2v) is 9.48. The Kier molecular flexibility index (Phi) is 6.92. The number of carboxylic acid groups (broad SMARTS) is 1. The van der Waals surface area contributed by atoms with Crippen molar-refractivity contribution in [3.8, 4) is 0 Å². The van der Waals surface area contributed by atoms with Crippen LogP contribution in [0.2, 0.25) is 0 Å². The maximum absolute atomic E-state index is 12.4. The lowest BCUT2D eigenvalue weighted by molar-refractivity contribution is -0.157. The molecule has 0 aliphatic carbocycles. The second-order valence-electron chi connectivity index (χ2n) is 6.99. The fourth-order valence-electron chi connectivity index (χ4n) is 3.38. The van der Waals surface area contributed by atoms with E-state index in [4.69, 9.17) is 0 Å². The molecule has 0 unspecified atom stereocenters. The number of hydrogen-bond donors (Lipinski definition) is 2. The first-order chi connectivity index (χ1) is 13.8. The molecule has 2 aliphatic heterocycles. The predicted octanol–water partition coefficient (Wildman–Crippen LogP) is 2.32. The number of benzene rings is 1. The molecule has 0 spiro atoms. The molecule has 1 aromatic rings. The van der Waals surface area contributed by atoms with Gasteiger partial charge in [-0.15, -0.1) is 11.8 Å². The summed E-state index contributed by atoms with van der Waals surface area (Å²) < 4.78 is 0.528. The lowest BCUT2D eigenvalue weighted by atomic mass is 9.90. The summed E-state index contributed by atoms with van der Waals surface area (Å²) in [5.41, 5.74) is 1.02. The van der Waals surface area contributed by atoms with Gasteiger partial charge in [-0.05, 0) is 12.0 Å². The van der Waals surface area contributed by atoms with E-state index in [9.17, 15) is 24.6 Å². The maximum atomic E-state index is 12.4. The Hall–Kier alpha value is -1.97. The number of amides is 2. The molecule has 1 aromatic carbocycles. The molecule has 7 nitrogen and oxygen atoms in total. The van der Waals surface area contributed by atoms with Gasteiger partial charge in [-0.25, -0.2) is 4.79 Å². The summed E-state index contributed by atoms with van der Waals surface area (Å²) in [5, 5.41) is 19.2. The average molecular weight is 437 g/mol. The molecule has 9 heteroatoms. The minimum absolute atomic E-state index is 0.0274. The highest BCUT2D eigenvalue weighted by atomic mass is 32.2. The van der Waals surface area contributed by atoms with E-state index in [1.165, 1.54) is 28.4 Å². The molecule has 0 radical (unpaired) electrons. The molecule has 29 heavy (non-hydrogen) atoms. The molecule has 0 saturated carbocycles. The number of aliphatic hydroxyl groups is 1. The third-order valence-electron chi connectivity index (χ3n) is 5.02. The highest BCUT2D eigenvalue weighted by Crippen LogP contribution is 2.54. The van der Waals surface area contributed by atoms with Gasteiger partial charge in [0.1, 0.15) is 5.37 Å². The number of carbonyl (C=O) groups is 3. The van der Waals surface area contributed by atoms with Crippen molar-refractivity contribution in [1.29, 1.82) is 0 Å². The topological polar surface area (TPSA) is 98.1 Å². The Bertz CT molecular complexity index is 829. The van der Waals surface area contributed by atoms with Crippen LogP contribution >= 0.6 is 23.5 Å². The molecular formula is C20H24N2O5S2. The Morgan fingerprint density at radius 2 is 2.00 bits per heavy atom. The van der Waals surface area contributed by atoms with Crippen molar-refractivity contribution in [3.05, 3.63) is 45.8 Å². The van der Waals surface area contributed by atoms with Crippen LogP contribution in [-0.4, -0.2) is 62.1 Å². The van der Waals surface area contributed by atoms with Crippen molar-refractivity contribution in [2.75, 3.05) is 12.8 Å². The SMILES string of the molecule is CC[C@H](O)[C@@H]1C(=O)N2C(C(=O)O)=C(SCCC(=O)N(C)Cc3ccccc3)S[C@H]12. The largest absolute Gasteiger partial charge is 0.477 e. The van der Waals surface area contributed by atoms with Gasteiger partial charge in [0.15, 0.2) is 5.70 Å². The lowest BCUT2D eigenvalue weighted by Crippen LogP contribution is -2.61. The molecule has 156 valence electrons. The summed E-state index contributed by atoms with van der Waals surface area (Å²) in [5.74, 6) is -1.68. The van der Waals surface area contributed by atoms with Crippen LogP contribution in [0.15, 0.2) is 40.3 Å². The normalized spacial score (nSPS) is 21.6. The molecule has 0 aromatic heterocycles. The Morgan fingerprint density at radius 3 is 2.62 bits per heavy atom. The van der Waals surface area contributed by atoms with E-state index in [0.717, 1.165) is 5.56 Å². The van der Waals surface area contributed by atoms with Crippen molar-refractivity contribution in [2.24, 2.45) is 5.92 Å². The minimum Gasteiger partial charge on any atom is -0.477 e. The number of rotatable bonds is 9. The van der Waals surface area contributed by atoms with Crippen molar-refractivity contribution in [3.63, 3.8) is 0 Å². The first-order valence-corrected chi connectivity index (χ1v) is 11.3. The van der Waals surface area contributed by atoms with Gasteiger partial charge in [0.05, 0.1) is 16.3 Å². The summed E-state index contributed by atoms with van der Waals surface area (Å²) in [6, 6.07) is 9.69. The summed E-state index contributed by atoms with van der Waals surface area (Å²) in [6.07, 6.45) is -0.0668. The van der Waals surface area contributed by atoms with Gasteiger partial charge in [-0.3, -0.25) is 14.5 Å². The summed E-state index contributed by atoms with van der Waals surface area (Å²) >= 11 is 2.58. The van der Waals surface area contributed by atoms with E-state index in [0.29, 0.717) is 23.0 Å². The predicted molar refractivity (Wildman–Crippen MR) is 113 cm³/mol. The number of aliphatic hydroxyl groups excluding tert-OH is 1. The van der Waals surface area contributed by atoms with Gasteiger partial charge in [-0.2, -0.15) is 0 Å². The molecule has 1 saturated heterocycles. The van der Waals surface area contributed by atoms with Crippen LogP contribution in [0, 0.1) is 5.92 Å². The fourth-order valence-corrected chi connectivity index (χ4v) is 6.26. The van der Waals surface area contributed by atoms with Gasteiger partial charge >= 0.3 is 5.97 Å². The van der Waals surface area contributed by atoms with Gasteiger partial charge in [-0.1, -0.05) is 49.0 Å². The van der Waals surface area contributed by atoms with E-state index >= 15 is 0 Å². The molecule has 1 fully saturated rings. The summed E-state index contributed by atoms with van der Waals surface area (Å²) in [4.78, 5) is 39.3. The van der Waals surface area contributed by atoms with Crippen LogP contribution in [0.5, 0.6) is 0 Å². The highest BCUT2D eigenvalue weighted by molar-refractivity contribution is 8.22. The Morgan fingerprint density at radius 1 is 1.31 bits per heavy atom. The van der Waals surface area contributed by atoms with Crippen LogP contribution in [-0.2, 0) is 20.9 Å². The number of hydrogen-bond acceptors (Lipinski definition) is 6. The first-order valence-electron chi connectivity index (χ1n) is 9.41. The van der Waals surface area contributed by atoms with Gasteiger partial charge in [0, 0.05) is 25.8 Å². The fraction of sp³-hybridized carbons (Fsp3) is 0.450. The van der Waals surface area contributed by atoms with Gasteiger partial charge < -0.3 is 15.1 Å². The quantitative estimate of drug-likeness (QED) is 0.573. The van der Waals surface area contributed by atoms with Crippen molar-refractivity contribution < 1.29 is 24.6 Å². The van der Waals surface area contributed by atoms with E-state index in [-0.39, 0.29) is 29.3 Å². The van der Waals surface area contributed by atoms with Crippen LogP contribution < -0.4 is 0 Å². The lowest BCUT2D eigenvalue weighted by Gasteiger charge is -2.44. The van der Waals surface area contributed by atoms with Crippen LogP contribution in [0.1, 0.15) is 25.3 Å². The Labute approximate surface area is 178 Å². The monoisotopic (exact) mass is 436 g/mol. The average Bonchev–Trinajstić information content (AvgIpc) is 3.03. The zero-order valence-electron chi connectivity index (χ0n) is 16.3. The Balaban J connectivity index is 1.56. The first kappa shape index (κ1) is 21.7. The third-order valence-corrected chi connectivity index (χ3v) is 7.68. The zero-order chi connectivity index (χ0) is 21.1. The molecule has 2 aliphatic rings. The molecule has 3 atom stereocenters. The number of β-lactam (4-membered cyclic amide) rings is 1. The number of aliphatic carboxylic acids is 1. The van der Waals surface area contributed by atoms with E-state index in [2.05, 4.69) is 0 Å². The number of thioether (sulfide) groups is 2. The maximum Gasteiger partial charge on any atom is 0.354 e. The molecule has 2 amide bonds. The molecular weight excluding hydrogens is 412 g/mol. The minimum atomic E-state index is -1.16. The van der Waals surface area contributed by atoms with E-state index in [1.54, 1.807) is 18.9 Å². The molecule has 2 N–H and O–H groups in total. The van der Waals surface area contributed by atoms with Crippen molar-refractivity contribution >= 4 is 41.3 Å². The smallest absolute Gasteiger partial charge is 0.354 e. The van der Waals surface area contributed by atoms with Crippen molar-refractivity contribution in [1.82, 2.24) is 9.80 Å². The molecule has 0 bridgehead atoms. The van der Waals surface area contributed by atoms with E-state index in [1.807, 2.05) is 30.3 Å². The number of carbonyl (C=O) groups excluding carboxylic acids is 2.